The lowest BCUT2D eigenvalue weighted by Gasteiger charge is -2.40. The lowest BCUT2D eigenvalue weighted by Crippen LogP contribution is -2.60. The van der Waals surface area contributed by atoms with Crippen molar-refractivity contribution in [3.05, 3.63) is 45.9 Å². The molecule has 1 heterocycles. The van der Waals surface area contributed by atoms with E-state index in [4.69, 9.17) is 19.2 Å². The second-order valence-corrected chi connectivity index (χ2v) is 18.9. The molecule has 2 rings (SSSR count). The molecule has 0 saturated heterocycles. The zero-order valence-electron chi connectivity index (χ0n) is 39.9. The van der Waals surface area contributed by atoms with E-state index in [0.29, 0.717) is 56.7 Å². The standard InChI is InChI=1S/C47H77N5O9S/c1-15-23-52(44(56)39(30(7)17-3)50-42(55)40(31(8)18-4)51(13)46(58)61-47(10,11)12)37(29(5)6)27-38(60-24-16-2)43-49-36(28-62-43)41(54)48-34(25-32(9)45(57)59-14)26-33-19-21-35(53)22-20-33/h19-22,28-32,34,37-40,53H,15-18,23-27H2,1-14H3,(H,48,54)(H,50,55)/t30-,31-,32-,34+,37+,38+,39-,40+/m0/s1. The first-order chi connectivity index (χ1) is 29.1. The number of thiazole rings is 1. The van der Waals surface area contributed by atoms with Crippen LogP contribution in [-0.4, -0.2) is 107 Å². The number of carbonyl (C=O) groups excluding carboxylic acids is 5. The molecule has 0 aliphatic heterocycles. The highest BCUT2D eigenvalue weighted by molar-refractivity contribution is 7.09. The van der Waals surface area contributed by atoms with Crippen LogP contribution in [0.4, 0.5) is 4.79 Å². The molecule has 0 spiro atoms. The van der Waals surface area contributed by atoms with Crippen molar-refractivity contribution in [2.75, 3.05) is 27.3 Å². The van der Waals surface area contributed by atoms with Crippen molar-refractivity contribution in [3.8, 4) is 5.75 Å². The zero-order valence-corrected chi connectivity index (χ0v) is 40.7. The Morgan fingerprint density at radius 3 is 2.05 bits per heavy atom. The smallest absolute Gasteiger partial charge is 0.410 e. The maximum atomic E-state index is 14.9. The first-order valence-corrected chi connectivity index (χ1v) is 23.3. The van der Waals surface area contributed by atoms with Crippen molar-refractivity contribution in [1.82, 2.24) is 25.4 Å². The number of likely N-dealkylation sites (N-methyl/N-ethyl adjacent to an activating group) is 1. The summed E-state index contributed by atoms with van der Waals surface area (Å²) in [7, 11) is 2.90. The third-order valence-corrected chi connectivity index (χ3v) is 12.2. The first-order valence-electron chi connectivity index (χ1n) is 22.4. The highest BCUT2D eigenvalue weighted by Crippen LogP contribution is 2.32. The van der Waals surface area contributed by atoms with Crippen LogP contribution in [0.3, 0.4) is 0 Å². The van der Waals surface area contributed by atoms with Gasteiger partial charge in [-0.15, -0.1) is 11.3 Å². The van der Waals surface area contributed by atoms with E-state index < -0.39 is 53.7 Å². The summed E-state index contributed by atoms with van der Waals surface area (Å²) in [6.45, 7) is 23.9. The number of phenolic OH excluding ortho intramolecular Hbond substituents is 1. The van der Waals surface area contributed by atoms with Crippen LogP contribution in [0.15, 0.2) is 29.6 Å². The molecule has 15 heteroatoms. The number of nitrogens with zero attached hydrogens (tertiary/aromatic N) is 3. The predicted molar refractivity (Wildman–Crippen MR) is 244 cm³/mol. The lowest BCUT2D eigenvalue weighted by atomic mass is 9.91. The van der Waals surface area contributed by atoms with Crippen molar-refractivity contribution < 1.29 is 43.3 Å². The molecule has 0 aliphatic rings. The molecule has 8 atom stereocenters. The van der Waals surface area contributed by atoms with Crippen molar-refractivity contribution >= 4 is 41.1 Å². The average Bonchev–Trinajstić information content (AvgIpc) is 3.72. The maximum Gasteiger partial charge on any atom is 0.410 e. The van der Waals surface area contributed by atoms with E-state index in [0.717, 1.165) is 12.0 Å². The molecule has 0 radical (unpaired) electrons. The maximum absolute atomic E-state index is 14.9. The van der Waals surface area contributed by atoms with Gasteiger partial charge >= 0.3 is 12.1 Å². The molecule has 1 aromatic heterocycles. The van der Waals surface area contributed by atoms with Crippen molar-refractivity contribution in [2.24, 2.45) is 23.7 Å². The summed E-state index contributed by atoms with van der Waals surface area (Å²) in [5.41, 5.74) is 0.339. The Morgan fingerprint density at radius 2 is 1.52 bits per heavy atom. The fourth-order valence-electron chi connectivity index (χ4n) is 7.38. The third kappa shape index (κ3) is 16.5. The number of hydrogen-bond donors (Lipinski definition) is 3. The number of methoxy groups -OCH3 is 1. The van der Waals surface area contributed by atoms with Gasteiger partial charge in [-0.05, 0) is 81.9 Å². The number of ether oxygens (including phenoxy) is 3. The summed E-state index contributed by atoms with van der Waals surface area (Å²) < 4.78 is 17.0. The highest BCUT2D eigenvalue weighted by Gasteiger charge is 2.40. The van der Waals surface area contributed by atoms with Gasteiger partial charge < -0.3 is 34.9 Å². The normalized spacial score (nSPS) is 15.6. The lowest BCUT2D eigenvalue weighted by molar-refractivity contribution is -0.145. The van der Waals surface area contributed by atoms with Gasteiger partial charge in [-0.2, -0.15) is 0 Å². The minimum Gasteiger partial charge on any atom is -0.508 e. The number of aromatic hydroxyl groups is 1. The summed E-state index contributed by atoms with van der Waals surface area (Å²) in [6.07, 6.45) is 2.66. The van der Waals surface area contributed by atoms with Crippen molar-refractivity contribution in [1.29, 1.82) is 0 Å². The van der Waals surface area contributed by atoms with E-state index in [9.17, 15) is 29.1 Å². The number of benzene rings is 1. The number of esters is 1. The molecule has 0 aliphatic carbocycles. The highest BCUT2D eigenvalue weighted by atomic mass is 32.1. The second kappa shape index (κ2) is 25.8. The van der Waals surface area contributed by atoms with E-state index in [2.05, 4.69) is 24.5 Å². The van der Waals surface area contributed by atoms with Crippen LogP contribution in [0, 0.1) is 23.7 Å². The third-order valence-electron chi connectivity index (χ3n) is 11.2. The van der Waals surface area contributed by atoms with Gasteiger partial charge in [0.15, 0.2) is 0 Å². The van der Waals surface area contributed by atoms with E-state index in [1.807, 2.05) is 46.4 Å². The van der Waals surface area contributed by atoms with Gasteiger partial charge in [0.05, 0.1) is 13.0 Å². The number of rotatable bonds is 25. The Labute approximate surface area is 375 Å². The van der Waals surface area contributed by atoms with E-state index in [1.54, 1.807) is 64.4 Å². The van der Waals surface area contributed by atoms with Gasteiger partial charge in [-0.3, -0.25) is 24.1 Å². The van der Waals surface area contributed by atoms with Crippen LogP contribution in [0.2, 0.25) is 0 Å². The quantitative estimate of drug-likeness (QED) is 0.0822. The summed E-state index contributed by atoms with van der Waals surface area (Å²) in [5, 5.41) is 18.3. The van der Waals surface area contributed by atoms with Crippen LogP contribution in [0.5, 0.6) is 5.75 Å². The molecule has 3 N–H and O–H groups in total. The Bertz CT molecular complexity index is 1710. The number of amides is 4. The first kappa shape index (κ1) is 53.9. The van der Waals surface area contributed by atoms with Crippen LogP contribution in [-0.2, 0) is 35.0 Å². The summed E-state index contributed by atoms with van der Waals surface area (Å²) in [6, 6.07) is 4.24. The molecule has 350 valence electrons. The molecule has 0 fully saturated rings. The van der Waals surface area contributed by atoms with Gasteiger partial charge in [0.1, 0.15) is 40.2 Å². The number of carbonyl (C=O) groups is 5. The van der Waals surface area contributed by atoms with Gasteiger partial charge in [0, 0.05) is 44.1 Å². The summed E-state index contributed by atoms with van der Waals surface area (Å²) in [5.74, 6) is -2.19. The Kier molecular flexibility index (Phi) is 22.4. The molecule has 14 nitrogen and oxygen atoms in total. The summed E-state index contributed by atoms with van der Waals surface area (Å²) in [4.78, 5) is 76.6. The van der Waals surface area contributed by atoms with E-state index >= 15 is 0 Å². The predicted octanol–water partition coefficient (Wildman–Crippen LogP) is 8.32. The van der Waals surface area contributed by atoms with E-state index in [1.165, 1.54) is 23.3 Å². The molecule has 1 aromatic carbocycles. The molecule has 0 bridgehead atoms. The zero-order chi connectivity index (χ0) is 46.9. The molecule has 0 saturated carbocycles. The van der Waals surface area contributed by atoms with Crippen LogP contribution < -0.4 is 10.6 Å². The van der Waals surface area contributed by atoms with Gasteiger partial charge in [0.25, 0.3) is 5.91 Å². The van der Waals surface area contributed by atoms with Crippen molar-refractivity contribution in [2.45, 2.75) is 164 Å². The average molecular weight is 888 g/mol. The van der Waals surface area contributed by atoms with Crippen LogP contribution in [0.1, 0.15) is 149 Å². The Balaban J connectivity index is 2.48. The van der Waals surface area contributed by atoms with Gasteiger partial charge in [0.2, 0.25) is 11.8 Å². The SMILES string of the molecule is CCCO[C@H](C[C@H](C(C)C)N(CCC)C(=O)[C@@H](NC(=O)[C@@H]([C@@H](C)CC)N(C)C(=O)OC(C)(C)C)[C@@H](C)CC)c1nc(C(=O)N[C@@H](Cc2ccc(O)cc2)C[C@H](C)C(=O)OC)cs1. The topological polar surface area (TPSA) is 177 Å². The summed E-state index contributed by atoms with van der Waals surface area (Å²) >= 11 is 1.32. The van der Waals surface area contributed by atoms with Gasteiger partial charge in [-0.1, -0.05) is 87.3 Å². The van der Waals surface area contributed by atoms with Crippen molar-refractivity contribution in [3.63, 3.8) is 0 Å². The molecular weight excluding hydrogens is 811 g/mol. The molecular formula is C47H77N5O9S. The number of hydrogen-bond acceptors (Lipinski definition) is 11. The monoisotopic (exact) mass is 888 g/mol. The number of nitrogens with one attached hydrogen (secondary N) is 2. The van der Waals surface area contributed by atoms with Crippen LogP contribution >= 0.6 is 11.3 Å². The Morgan fingerprint density at radius 1 is 0.887 bits per heavy atom. The van der Waals surface area contributed by atoms with Crippen LogP contribution in [0.25, 0.3) is 0 Å². The number of phenols is 1. The largest absolute Gasteiger partial charge is 0.508 e. The van der Waals surface area contributed by atoms with E-state index in [-0.39, 0.29) is 47.1 Å². The minimum absolute atomic E-state index is 0.0159. The number of aromatic nitrogens is 1. The molecule has 2 aromatic rings. The second-order valence-electron chi connectivity index (χ2n) is 18.0. The Hall–Kier alpha value is -4.24. The molecule has 0 unspecified atom stereocenters. The molecule has 4 amide bonds. The minimum atomic E-state index is -0.864. The molecule has 62 heavy (non-hydrogen) atoms. The fraction of sp³-hybridized carbons (Fsp3) is 0.702. The van der Waals surface area contributed by atoms with Gasteiger partial charge in [-0.25, -0.2) is 9.78 Å². The fourth-order valence-corrected chi connectivity index (χ4v) is 8.24.